The normalized spacial score (nSPS) is 17.2. The number of carbonyl (C=O) groups excluding carboxylic acids is 2. The summed E-state index contributed by atoms with van der Waals surface area (Å²) < 4.78 is 19.1. The molecular formula is C31H41N3O5S. The molecule has 1 saturated heterocycles. The Morgan fingerprint density at radius 2 is 1.77 bits per heavy atom. The van der Waals surface area contributed by atoms with Crippen molar-refractivity contribution in [3.63, 3.8) is 0 Å². The third kappa shape index (κ3) is 5.92. The van der Waals surface area contributed by atoms with Crippen LogP contribution in [0.5, 0.6) is 0 Å². The number of thiophene rings is 1. The first-order valence-corrected chi connectivity index (χ1v) is 15.0. The minimum absolute atomic E-state index is 0.0948. The summed E-state index contributed by atoms with van der Waals surface area (Å²) in [5, 5.41) is 0. The molecule has 0 bridgehead atoms. The topological polar surface area (TPSA) is 72.7 Å². The standard InChI is InChI=1S/C31H41N3O5S/c1-19(2)38-29(35)25-16-24-14-22(18-34(24)28(20(25)3)21(4)32-10-12-37-13-11-32)27-15-23-17-33(9-8-26(23)40-27)30(36)39-31(5,6)7/h14-16,18-19,21H,8-13,17H2,1-7H3. The SMILES string of the molecule is Cc1c(C(=O)OC(C)C)cc2cc(-c3cc4c(s3)CCN(C(=O)OC(C)(C)C)C4)cn2c1C(C)N1CCOCC1. The van der Waals surface area contributed by atoms with Gasteiger partial charge in [0.15, 0.2) is 0 Å². The number of carbonyl (C=O) groups is 2. The molecule has 8 nitrogen and oxygen atoms in total. The van der Waals surface area contributed by atoms with E-state index in [2.05, 4.69) is 34.6 Å². The van der Waals surface area contributed by atoms with Gasteiger partial charge in [0.2, 0.25) is 0 Å². The molecule has 9 heteroatoms. The van der Waals surface area contributed by atoms with Gasteiger partial charge in [0, 0.05) is 58.4 Å². The third-order valence-corrected chi connectivity index (χ3v) is 8.83. The fourth-order valence-electron chi connectivity index (χ4n) is 5.61. The molecule has 2 aliphatic heterocycles. The molecule has 3 aromatic rings. The first kappa shape index (κ1) is 28.6. The largest absolute Gasteiger partial charge is 0.459 e. The highest BCUT2D eigenvalue weighted by Gasteiger charge is 2.29. The summed E-state index contributed by atoms with van der Waals surface area (Å²) in [6.45, 7) is 18.0. The number of rotatable bonds is 5. The quantitative estimate of drug-likeness (QED) is 0.341. The van der Waals surface area contributed by atoms with Gasteiger partial charge in [-0.05, 0) is 84.2 Å². The van der Waals surface area contributed by atoms with E-state index in [1.165, 1.54) is 10.4 Å². The zero-order chi connectivity index (χ0) is 28.8. The highest BCUT2D eigenvalue weighted by atomic mass is 32.1. The van der Waals surface area contributed by atoms with Crippen molar-refractivity contribution in [3.8, 4) is 10.4 Å². The van der Waals surface area contributed by atoms with E-state index >= 15 is 0 Å². The van der Waals surface area contributed by atoms with Crippen LogP contribution in [0, 0.1) is 6.92 Å². The molecule has 216 valence electrons. The number of esters is 1. The lowest BCUT2D eigenvalue weighted by Crippen LogP contribution is -2.39. The monoisotopic (exact) mass is 567 g/mol. The highest BCUT2D eigenvalue weighted by Crippen LogP contribution is 2.38. The summed E-state index contributed by atoms with van der Waals surface area (Å²) in [5.74, 6) is -0.290. The zero-order valence-corrected chi connectivity index (χ0v) is 25.5. The van der Waals surface area contributed by atoms with Gasteiger partial charge in [-0.25, -0.2) is 9.59 Å². The summed E-state index contributed by atoms with van der Waals surface area (Å²) in [6.07, 6.45) is 2.55. The maximum Gasteiger partial charge on any atom is 0.410 e. The third-order valence-electron chi connectivity index (χ3n) is 7.54. The van der Waals surface area contributed by atoms with Crippen LogP contribution in [-0.4, -0.2) is 70.8 Å². The Hall–Kier alpha value is -2.88. The van der Waals surface area contributed by atoms with E-state index in [0.717, 1.165) is 46.7 Å². The molecule has 5 rings (SSSR count). The second-order valence-electron chi connectivity index (χ2n) is 12.1. The summed E-state index contributed by atoms with van der Waals surface area (Å²) >= 11 is 1.79. The maximum atomic E-state index is 13.1. The minimum atomic E-state index is -0.515. The molecule has 5 heterocycles. The van der Waals surface area contributed by atoms with Gasteiger partial charge in [-0.2, -0.15) is 0 Å². The van der Waals surface area contributed by atoms with Crippen LogP contribution in [0.4, 0.5) is 4.79 Å². The molecular weight excluding hydrogens is 526 g/mol. The Kier molecular flexibility index (Phi) is 8.01. The lowest BCUT2D eigenvalue weighted by Gasteiger charge is -2.34. The van der Waals surface area contributed by atoms with E-state index in [9.17, 15) is 9.59 Å². The molecule has 0 N–H and O–H groups in total. The number of pyridine rings is 1. The molecule has 0 aromatic carbocycles. The van der Waals surface area contributed by atoms with Gasteiger partial charge >= 0.3 is 12.1 Å². The van der Waals surface area contributed by atoms with Gasteiger partial charge in [-0.1, -0.05) is 0 Å². The van der Waals surface area contributed by atoms with E-state index in [4.69, 9.17) is 14.2 Å². The number of hydrogen-bond donors (Lipinski definition) is 0. The van der Waals surface area contributed by atoms with Gasteiger partial charge < -0.3 is 23.5 Å². The van der Waals surface area contributed by atoms with Gasteiger partial charge in [0.1, 0.15) is 5.60 Å². The molecule has 0 saturated carbocycles. The molecule has 1 atom stereocenters. The van der Waals surface area contributed by atoms with Gasteiger partial charge in [0.25, 0.3) is 0 Å². The number of fused-ring (bicyclic) bond motifs is 2. The van der Waals surface area contributed by atoms with Crippen molar-refractivity contribution in [2.24, 2.45) is 0 Å². The first-order chi connectivity index (χ1) is 18.9. The van der Waals surface area contributed by atoms with Crippen LogP contribution in [0.3, 0.4) is 0 Å². The maximum absolute atomic E-state index is 13.1. The minimum Gasteiger partial charge on any atom is -0.459 e. The molecule has 40 heavy (non-hydrogen) atoms. The van der Waals surface area contributed by atoms with Crippen LogP contribution >= 0.6 is 11.3 Å². The second-order valence-corrected chi connectivity index (χ2v) is 13.2. The molecule has 2 aliphatic rings. The summed E-state index contributed by atoms with van der Waals surface area (Å²) in [5.41, 5.74) is 5.38. The van der Waals surface area contributed by atoms with E-state index in [1.807, 2.05) is 47.6 Å². The van der Waals surface area contributed by atoms with Crippen LogP contribution in [-0.2, 0) is 27.2 Å². The molecule has 0 radical (unpaired) electrons. The van der Waals surface area contributed by atoms with Crippen LogP contribution in [0.25, 0.3) is 16.0 Å². The van der Waals surface area contributed by atoms with E-state index in [-0.39, 0.29) is 24.2 Å². The number of hydrogen-bond acceptors (Lipinski definition) is 7. The van der Waals surface area contributed by atoms with Gasteiger partial charge in [-0.15, -0.1) is 11.3 Å². The number of ether oxygens (including phenoxy) is 3. The Morgan fingerprint density at radius 3 is 2.45 bits per heavy atom. The average molecular weight is 568 g/mol. The fourth-order valence-corrected chi connectivity index (χ4v) is 6.75. The van der Waals surface area contributed by atoms with Crippen molar-refractivity contribution in [3.05, 3.63) is 51.7 Å². The Morgan fingerprint density at radius 1 is 1.05 bits per heavy atom. The Balaban J connectivity index is 1.52. The second kappa shape index (κ2) is 11.2. The number of nitrogens with zero attached hydrogens (tertiary/aromatic N) is 3. The number of morpholine rings is 1. The lowest BCUT2D eigenvalue weighted by atomic mass is 10.0. The predicted molar refractivity (Wildman–Crippen MR) is 157 cm³/mol. The van der Waals surface area contributed by atoms with Crippen molar-refractivity contribution >= 4 is 28.9 Å². The van der Waals surface area contributed by atoms with Crippen molar-refractivity contribution in [2.75, 3.05) is 32.8 Å². The number of aromatic nitrogens is 1. The first-order valence-electron chi connectivity index (χ1n) is 14.2. The lowest BCUT2D eigenvalue weighted by molar-refractivity contribution is 0.0186. The van der Waals surface area contributed by atoms with Gasteiger partial charge in [0.05, 0.1) is 31.4 Å². The number of amides is 1. The summed E-state index contributed by atoms with van der Waals surface area (Å²) in [4.78, 5) is 32.5. The van der Waals surface area contributed by atoms with Crippen LogP contribution < -0.4 is 0 Å². The van der Waals surface area contributed by atoms with Crippen LogP contribution in [0.1, 0.15) is 79.6 Å². The molecule has 3 aromatic heterocycles. The Bertz CT molecular complexity index is 1410. The van der Waals surface area contributed by atoms with Gasteiger partial charge in [-0.3, -0.25) is 4.90 Å². The Labute approximate surface area is 240 Å². The molecule has 1 unspecified atom stereocenters. The molecule has 1 fully saturated rings. The average Bonchev–Trinajstić information content (AvgIpc) is 3.50. The predicted octanol–water partition coefficient (Wildman–Crippen LogP) is 6.23. The molecule has 0 aliphatic carbocycles. The summed E-state index contributed by atoms with van der Waals surface area (Å²) in [7, 11) is 0. The van der Waals surface area contributed by atoms with Crippen molar-refractivity contribution < 1.29 is 23.8 Å². The highest BCUT2D eigenvalue weighted by molar-refractivity contribution is 7.15. The van der Waals surface area contributed by atoms with Crippen LogP contribution in [0.15, 0.2) is 24.4 Å². The van der Waals surface area contributed by atoms with E-state index < -0.39 is 5.60 Å². The molecule has 1 amide bonds. The fraction of sp³-hybridized carbons (Fsp3) is 0.548. The van der Waals surface area contributed by atoms with Crippen LogP contribution in [0.2, 0.25) is 0 Å². The summed E-state index contributed by atoms with van der Waals surface area (Å²) in [6, 6.07) is 6.41. The molecule has 0 spiro atoms. The van der Waals surface area contributed by atoms with Crippen molar-refractivity contribution in [2.45, 2.75) is 79.2 Å². The smallest absolute Gasteiger partial charge is 0.410 e. The zero-order valence-electron chi connectivity index (χ0n) is 24.7. The van der Waals surface area contributed by atoms with E-state index in [1.54, 1.807) is 16.2 Å². The van der Waals surface area contributed by atoms with Crippen molar-refractivity contribution in [1.29, 1.82) is 0 Å². The van der Waals surface area contributed by atoms with E-state index in [0.29, 0.717) is 31.9 Å². The van der Waals surface area contributed by atoms with Crippen molar-refractivity contribution in [1.82, 2.24) is 14.2 Å².